The van der Waals surface area contributed by atoms with Crippen LogP contribution < -0.4 is 0 Å². The molecule has 0 aliphatic carbocycles. The molecule has 3 heteroatoms. The van der Waals surface area contributed by atoms with Crippen molar-refractivity contribution in [3.05, 3.63) is 168 Å². The van der Waals surface area contributed by atoms with Crippen molar-refractivity contribution in [2.45, 2.75) is 33.6 Å². The second-order valence-electron chi connectivity index (χ2n) is 13.7. The molecule has 0 aliphatic rings. The molecular weight excluding hydrogens is 607 g/mol. The average molecular weight is 646 g/mol. The van der Waals surface area contributed by atoms with Gasteiger partial charge in [-0.1, -0.05) is 135 Å². The molecule has 3 heterocycles. The molecule has 0 saturated heterocycles. The van der Waals surface area contributed by atoms with Crippen molar-refractivity contribution in [2.24, 2.45) is 5.92 Å². The van der Waals surface area contributed by atoms with Crippen molar-refractivity contribution in [1.82, 2.24) is 15.0 Å². The zero-order valence-electron chi connectivity index (χ0n) is 28.8. The molecule has 0 aliphatic heterocycles. The van der Waals surface area contributed by atoms with Gasteiger partial charge in [0.05, 0.1) is 33.6 Å². The van der Waals surface area contributed by atoms with Crippen LogP contribution in [0.2, 0.25) is 0 Å². The second kappa shape index (κ2) is 13.5. The van der Waals surface area contributed by atoms with Crippen LogP contribution in [0.4, 0.5) is 0 Å². The maximum Gasteiger partial charge on any atom is 0.0972 e. The number of benzene rings is 5. The fourth-order valence-corrected chi connectivity index (χ4v) is 6.82. The van der Waals surface area contributed by atoms with Crippen LogP contribution >= 0.6 is 0 Å². The summed E-state index contributed by atoms with van der Waals surface area (Å²) in [5.74, 6) is 0.658. The Morgan fingerprint density at radius 3 is 1.76 bits per heavy atom. The lowest BCUT2D eigenvalue weighted by Gasteiger charge is -2.10. The van der Waals surface area contributed by atoms with Crippen LogP contribution in [0.3, 0.4) is 0 Å². The Bertz CT molecular complexity index is 2540. The minimum Gasteiger partial charge on any atom is -0.248 e. The van der Waals surface area contributed by atoms with Gasteiger partial charge in [-0.05, 0) is 78.8 Å². The molecule has 0 bridgehead atoms. The first kappa shape index (κ1) is 31.3. The van der Waals surface area contributed by atoms with Gasteiger partial charge in [-0.15, -0.1) is 0 Å². The van der Waals surface area contributed by atoms with E-state index in [1.165, 1.54) is 16.7 Å². The molecule has 0 N–H and O–H groups in total. The first-order chi connectivity index (χ1) is 24.4. The Morgan fingerprint density at radius 1 is 0.520 bits per heavy atom. The van der Waals surface area contributed by atoms with Crippen molar-refractivity contribution in [2.75, 3.05) is 0 Å². The largest absolute Gasteiger partial charge is 0.248 e. The van der Waals surface area contributed by atoms with Gasteiger partial charge in [0.2, 0.25) is 0 Å². The molecule has 0 fully saturated rings. The van der Waals surface area contributed by atoms with Crippen molar-refractivity contribution in [1.29, 1.82) is 0 Å². The highest BCUT2D eigenvalue weighted by molar-refractivity contribution is 6.04. The number of nitrogens with zero attached hydrogens (tertiary/aromatic N) is 3. The predicted octanol–water partition coefficient (Wildman–Crippen LogP) is 12.1. The zero-order valence-corrected chi connectivity index (χ0v) is 28.8. The summed E-state index contributed by atoms with van der Waals surface area (Å²) in [5, 5.41) is 3.29. The van der Waals surface area contributed by atoms with Crippen LogP contribution in [0.25, 0.3) is 72.6 Å². The van der Waals surface area contributed by atoms with Crippen molar-refractivity contribution in [3.63, 3.8) is 0 Å². The number of hydrogen-bond donors (Lipinski definition) is 0. The van der Waals surface area contributed by atoms with Crippen LogP contribution in [-0.2, 0) is 12.8 Å². The molecular formula is C47H39N3. The monoisotopic (exact) mass is 645 g/mol. The maximum atomic E-state index is 5.20. The number of aromatic nitrogens is 3. The van der Waals surface area contributed by atoms with Gasteiger partial charge in [-0.3, -0.25) is 0 Å². The normalized spacial score (nSPS) is 11.8. The summed E-state index contributed by atoms with van der Waals surface area (Å²) in [4.78, 5) is 15.4. The lowest BCUT2D eigenvalue weighted by atomic mass is 10.00. The molecule has 0 amide bonds. The molecule has 0 unspecified atom stereocenters. The minimum absolute atomic E-state index is 0.658. The molecule has 242 valence electrons. The molecule has 50 heavy (non-hydrogen) atoms. The first-order valence-electron chi connectivity index (χ1n) is 17.5. The Labute approximate surface area is 294 Å². The quantitative estimate of drug-likeness (QED) is 0.154. The van der Waals surface area contributed by atoms with Crippen LogP contribution in [0, 0.1) is 12.8 Å². The van der Waals surface area contributed by atoms with Crippen molar-refractivity contribution >= 4 is 38.8 Å². The van der Waals surface area contributed by atoms with Crippen LogP contribution in [-0.4, -0.2) is 15.0 Å². The summed E-state index contributed by atoms with van der Waals surface area (Å²) >= 11 is 0. The Kier molecular flexibility index (Phi) is 8.48. The van der Waals surface area contributed by atoms with E-state index in [-0.39, 0.29) is 0 Å². The Hall–Kier alpha value is -5.93. The number of allylic oxidation sites excluding steroid dienone is 1. The van der Waals surface area contributed by atoms with Gasteiger partial charge < -0.3 is 0 Å². The number of pyridine rings is 3. The van der Waals surface area contributed by atoms with Crippen LogP contribution in [0.5, 0.6) is 0 Å². The molecule has 8 aromatic rings. The van der Waals surface area contributed by atoms with E-state index in [0.29, 0.717) is 5.92 Å². The Balaban J connectivity index is 1.08. The molecule has 5 aromatic carbocycles. The number of hydrogen-bond acceptors (Lipinski definition) is 3. The van der Waals surface area contributed by atoms with Crippen molar-refractivity contribution < 1.29 is 0 Å². The molecule has 0 spiro atoms. The fraction of sp³-hybridized carbons (Fsp3) is 0.128. The SMILES string of the molecule is Cc1cccc(-c2ccc3ccc4ccc(-c5cccc(-c6ccc7ccc(/C=C\Cc8cccc(CC(C)C)c8)cc7n6)c5)nc4c3n2)c1. The molecule has 3 aromatic heterocycles. The van der Waals surface area contributed by atoms with E-state index >= 15 is 0 Å². The van der Waals surface area contributed by atoms with Crippen molar-refractivity contribution in [3.8, 4) is 33.8 Å². The lowest BCUT2D eigenvalue weighted by Crippen LogP contribution is -1.94. The molecule has 3 nitrogen and oxygen atoms in total. The highest BCUT2D eigenvalue weighted by Gasteiger charge is 2.11. The van der Waals surface area contributed by atoms with E-state index in [4.69, 9.17) is 15.0 Å². The third kappa shape index (κ3) is 6.68. The fourth-order valence-electron chi connectivity index (χ4n) is 6.82. The summed E-state index contributed by atoms with van der Waals surface area (Å²) in [6, 6.07) is 49.5. The number of rotatable bonds is 8. The summed E-state index contributed by atoms with van der Waals surface area (Å²) < 4.78 is 0. The van der Waals surface area contributed by atoms with E-state index in [9.17, 15) is 0 Å². The average Bonchev–Trinajstić information content (AvgIpc) is 3.14. The van der Waals surface area contributed by atoms with Crippen LogP contribution in [0.15, 0.2) is 146 Å². The highest BCUT2D eigenvalue weighted by atomic mass is 14.8. The van der Waals surface area contributed by atoms with Gasteiger partial charge in [0, 0.05) is 32.8 Å². The van der Waals surface area contributed by atoms with Gasteiger partial charge >= 0.3 is 0 Å². The molecule has 0 saturated carbocycles. The predicted molar refractivity (Wildman–Crippen MR) is 211 cm³/mol. The third-order valence-electron chi connectivity index (χ3n) is 9.30. The molecule has 0 radical (unpaired) electrons. The second-order valence-corrected chi connectivity index (χ2v) is 13.7. The third-order valence-corrected chi connectivity index (χ3v) is 9.30. The van der Waals surface area contributed by atoms with E-state index in [0.717, 1.165) is 84.9 Å². The van der Waals surface area contributed by atoms with E-state index < -0.39 is 0 Å². The van der Waals surface area contributed by atoms with Gasteiger partial charge in [-0.25, -0.2) is 15.0 Å². The smallest absolute Gasteiger partial charge is 0.0972 e. The van der Waals surface area contributed by atoms with Crippen LogP contribution in [0.1, 0.15) is 36.1 Å². The Morgan fingerprint density at radius 2 is 1.08 bits per heavy atom. The van der Waals surface area contributed by atoms with Gasteiger partial charge in [0.15, 0.2) is 0 Å². The number of aryl methyl sites for hydroxylation is 1. The molecule has 8 rings (SSSR count). The summed E-state index contributed by atoms with van der Waals surface area (Å²) in [6.07, 6.45) is 6.48. The first-order valence-corrected chi connectivity index (χ1v) is 17.5. The summed E-state index contributed by atoms with van der Waals surface area (Å²) in [7, 11) is 0. The topological polar surface area (TPSA) is 38.7 Å². The van der Waals surface area contributed by atoms with E-state index in [1.807, 2.05) is 0 Å². The maximum absolute atomic E-state index is 5.20. The minimum atomic E-state index is 0.658. The van der Waals surface area contributed by atoms with E-state index in [2.05, 4.69) is 172 Å². The van der Waals surface area contributed by atoms with E-state index in [1.54, 1.807) is 0 Å². The highest BCUT2D eigenvalue weighted by Crippen LogP contribution is 2.31. The van der Waals surface area contributed by atoms with Gasteiger partial charge in [-0.2, -0.15) is 0 Å². The summed E-state index contributed by atoms with van der Waals surface area (Å²) in [5.41, 5.74) is 14.0. The molecule has 0 atom stereocenters. The number of fused-ring (bicyclic) bond motifs is 4. The zero-order chi connectivity index (χ0) is 34.0. The summed E-state index contributed by atoms with van der Waals surface area (Å²) in [6.45, 7) is 6.65. The van der Waals surface area contributed by atoms with Gasteiger partial charge in [0.1, 0.15) is 0 Å². The lowest BCUT2D eigenvalue weighted by molar-refractivity contribution is 0.647. The van der Waals surface area contributed by atoms with Gasteiger partial charge in [0.25, 0.3) is 0 Å². The standard InChI is InChI=1S/C47H39N3/c1-31(2)26-35-12-6-10-33(28-35)9-5-11-34-16-17-36-20-23-42(48-45(36)29-34)40-14-7-15-41(30-40)44-25-22-38-19-18-37-21-24-43(49-46(37)47(38)50-44)39-13-4-8-32(3)27-39/h4-8,10-25,27-31H,9,26H2,1-3H3/b11-5-.